The van der Waals surface area contributed by atoms with Crippen molar-refractivity contribution in [1.82, 2.24) is 15.5 Å². The quantitative estimate of drug-likeness (QED) is 0.796. The summed E-state index contributed by atoms with van der Waals surface area (Å²) in [7, 11) is 0. The number of benzene rings is 1. The minimum absolute atomic E-state index is 0.0912. The van der Waals surface area contributed by atoms with Crippen LogP contribution in [0.5, 0.6) is 0 Å². The summed E-state index contributed by atoms with van der Waals surface area (Å²) in [5, 5.41) is 15.1. The van der Waals surface area contributed by atoms with E-state index in [1.807, 2.05) is 0 Å². The number of aromatic nitrogens is 2. The summed E-state index contributed by atoms with van der Waals surface area (Å²) in [6, 6.07) is 5.27. The van der Waals surface area contributed by atoms with Crippen LogP contribution in [0.2, 0.25) is 5.02 Å². The number of nitrogens with zero attached hydrogens (tertiary/aromatic N) is 2. The number of carbonyl (C=O) groups is 2. The molecule has 0 saturated carbocycles. The molecule has 2 aromatic rings. The molecule has 0 bridgehead atoms. The Bertz CT molecular complexity index is 690. The van der Waals surface area contributed by atoms with Crippen molar-refractivity contribution < 1.29 is 23.6 Å². The van der Waals surface area contributed by atoms with Gasteiger partial charge in [-0.15, -0.1) is 0 Å². The lowest BCUT2D eigenvalue weighted by Gasteiger charge is -2.09. The number of carboxylic acids is 1. The van der Waals surface area contributed by atoms with E-state index in [4.69, 9.17) is 21.2 Å². The highest BCUT2D eigenvalue weighted by molar-refractivity contribution is 6.30. The Morgan fingerprint density at radius 3 is 2.65 bits per heavy atom. The highest BCUT2D eigenvalue weighted by Crippen LogP contribution is 2.18. The van der Waals surface area contributed by atoms with E-state index >= 15 is 0 Å². The smallest absolute Gasteiger partial charge is 0.328 e. The molecule has 0 spiro atoms. The van der Waals surface area contributed by atoms with Gasteiger partial charge in [0.15, 0.2) is 6.04 Å². The average molecular weight is 342 g/mol. The number of nitrogens with one attached hydrogen (secondary N) is 1. The third-order valence-corrected chi connectivity index (χ3v) is 3.18. The molecule has 7 nitrogen and oxygen atoms in total. The van der Waals surface area contributed by atoms with Crippen LogP contribution in [-0.2, 0) is 16.0 Å². The molecule has 1 heterocycles. The fraction of sp³-hybridized carbons (Fsp3) is 0.286. The van der Waals surface area contributed by atoms with Gasteiger partial charge < -0.3 is 14.9 Å². The molecule has 0 radical (unpaired) electrons. The number of aryl methyl sites for hydroxylation is 1. The minimum atomic E-state index is -1.55. The molecule has 1 aromatic heterocycles. The topological polar surface area (TPSA) is 105 Å². The number of rotatable bonds is 7. The molecule has 1 amide bonds. The lowest BCUT2D eigenvalue weighted by molar-refractivity contribution is -0.142. The van der Waals surface area contributed by atoms with Crippen LogP contribution in [0, 0.1) is 0 Å². The van der Waals surface area contributed by atoms with Crippen LogP contribution in [0.25, 0.3) is 11.4 Å². The van der Waals surface area contributed by atoms with E-state index in [1.165, 1.54) is 0 Å². The molecule has 0 aliphatic rings. The van der Waals surface area contributed by atoms with Gasteiger partial charge in [-0.25, -0.2) is 9.18 Å². The summed E-state index contributed by atoms with van der Waals surface area (Å²) in [5.41, 5.74) is 0.706. The second-order valence-electron chi connectivity index (χ2n) is 4.63. The van der Waals surface area contributed by atoms with Gasteiger partial charge in [0.2, 0.25) is 17.6 Å². The first-order valence-electron chi connectivity index (χ1n) is 6.66. The molecule has 0 saturated heterocycles. The predicted octanol–water partition coefficient (Wildman–Crippen LogP) is 1.86. The molecule has 0 aliphatic carbocycles. The van der Waals surface area contributed by atoms with Crippen molar-refractivity contribution in [2.45, 2.75) is 18.9 Å². The predicted molar refractivity (Wildman–Crippen MR) is 78.6 cm³/mol. The average Bonchev–Trinajstić information content (AvgIpc) is 3.00. The second-order valence-corrected chi connectivity index (χ2v) is 5.07. The summed E-state index contributed by atoms with van der Waals surface area (Å²) in [5.74, 6) is -1.47. The largest absolute Gasteiger partial charge is 0.480 e. The van der Waals surface area contributed by atoms with E-state index in [0.717, 1.165) is 0 Å². The zero-order valence-electron chi connectivity index (χ0n) is 11.8. The first kappa shape index (κ1) is 16.9. The van der Waals surface area contributed by atoms with Gasteiger partial charge in [0.25, 0.3) is 0 Å². The maximum absolute atomic E-state index is 12.4. The van der Waals surface area contributed by atoms with Gasteiger partial charge in [-0.05, 0) is 24.3 Å². The van der Waals surface area contributed by atoms with E-state index in [1.54, 1.807) is 24.3 Å². The van der Waals surface area contributed by atoms with E-state index in [-0.39, 0.29) is 18.7 Å². The molecule has 0 fully saturated rings. The lowest BCUT2D eigenvalue weighted by Crippen LogP contribution is -2.42. The van der Waals surface area contributed by atoms with E-state index in [0.29, 0.717) is 16.4 Å². The molecule has 1 aromatic carbocycles. The van der Waals surface area contributed by atoms with Gasteiger partial charge >= 0.3 is 5.97 Å². The Morgan fingerprint density at radius 2 is 2.04 bits per heavy atom. The van der Waals surface area contributed by atoms with Crippen molar-refractivity contribution in [3.8, 4) is 11.4 Å². The van der Waals surface area contributed by atoms with Crippen LogP contribution >= 0.6 is 11.6 Å². The zero-order valence-corrected chi connectivity index (χ0v) is 12.6. The number of alkyl halides is 1. The molecule has 9 heteroatoms. The molecule has 1 atom stereocenters. The summed E-state index contributed by atoms with van der Waals surface area (Å²) in [6.45, 7) is -1.18. The molecular weight excluding hydrogens is 329 g/mol. The van der Waals surface area contributed by atoms with Crippen molar-refractivity contribution in [2.24, 2.45) is 0 Å². The zero-order chi connectivity index (χ0) is 16.8. The van der Waals surface area contributed by atoms with Crippen LogP contribution in [0.1, 0.15) is 12.3 Å². The van der Waals surface area contributed by atoms with E-state index in [9.17, 15) is 14.0 Å². The van der Waals surface area contributed by atoms with Gasteiger partial charge in [-0.1, -0.05) is 16.8 Å². The van der Waals surface area contributed by atoms with Crippen LogP contribution in [0.3, 0.4) is 0 Å². The van der Waals surface area contributed by atoms with Crippen molar-refractivity contribution in [2.75, 3.05) is 6.67 Å². The monoisotopic (exact) mass is 341 g/mol. The number of hydrogen-bond donors (Lipinski definition) is 2. The van der Waals surface area contributed by atoms with Crippen molar-refractivity contribution in [3.63, 3.8) is 0 Å². The molecule has 122 valence electrons. The van der Waals surface area contributed by atoms with Gasteiger partial charge in [0.05, 0.1) is 0 Å². The van der Waals surface area contributed by atoms with Crippen LogP contribution < -0.4 is 5.32 Å². The van der Waals surface area contributed by atoms with Crippen molar-refractivity contribution >= 4 is 23.5 Å². The first-order valence-corrected chi connectivity index (χ1v) is 7.04. The molecular formula is C14H13ClFN3O4. The Balaban J connectivity index is 1.91. The Labute approximate surface area is 135 Å². The first-order chi connectivity index (χ1) is 11.0. The third kappa shape index (κ3) is 4.75. The van der Waals surface area contributed by atoms with Gasteiger partial charge in [0.1, 0.15) is 6.67 Å². The van der Waals surface area contributed by atoms with Gasteiger partial charge in [0, 0.05) is 23.4 Å². The SMILES string of the molecule is O=C(CCc1nc(-c2ccc(Cl)cc2)no1)NC(CF)C(=O)O. The Morgan fingerprint density at radius 1 is 1.35 bits per heavy atom. The van der Waals surface area contributed by atoms with Crippen LogP contribution in [-0.4, -0.2) is 39.8 Å². The van der Waals surface area contributed by atoms with Crippen LogP contribution in [0.4, 0.5) is 4.39 Å². The highest BCUT2D eigenvalue weighted by atomic mass is 35.5. The standard InChI is InChI=1S/C14H13ClFN3O4/c15-9-3-1-8(2-4-9)13-18-12(23-19-13)6-5-11(20)17-10(7-16)14(21)22/h1-4,10H,5-7H2,(H,17,20)(H,21,22). The fourth-order valence-electron chi connectivity index (χ4n) is 1.73. The number of carboxylic acid groups (broad SMARTS) is 1. The summed E-state index contributed by atoms with van der Waals surface area (Å²) >= 11 is 5.79. The molecule has 23 heavy (non-hydrogen) atoms. The number of carbonyl (C=O) groups excluding carboxylic acids is 1. The molecule has 2 N–H and O–H groups in total. The second kappa shape index (κ2) is 7.68. The molecule has 0 aliphatic heterocycles. The van der Waals surface area contributed by atoms with Gasteiger partial charge in [-0.2, -0.15) is 4.98 Å². The lowest BCUT2D eigenvalue weighted by atomic mass is 10.2. The van der Waals surface area contributed by atoms with Crippen molar-refractivity contribution in [3.05, 3.63) is 35.2 Å². The van der Waals surface area contributed by atoms with E-state index in [2.05, 4.69) is 15.5 Å². The Hall–Kier alpha value is -2.48. The van der Waals surface area contributed by atoms with Crippen LogP contribution in [0.15, 0.2) is 28.8 Å². The normalized spacial score (nSPS) is 11.9. The highest BCUT2D eigenvalue weighted by Gasteiger charge is 2.20. The summed E-state index contributed by atoms with van der Waals surface area (Å²) < 4.78 is 17.4. The summed E-state index contributed by atoms with van der Waals surface area (Å²) in [4.78, 5) is 26.3. The number of hydrogen-bond acceptors (Lipinski definition) is 5. The van der Waals surface area contributed by atoms with E-state index < -0.39 is 24.6 Å². The number of amides is 1. The number of halogens is 2. The summed E-state index contributed by atoms with van der Waals surface area (Å²) in [6.07, 6.45) is 0.0249. The number of aliphatic carboxylic acids is 1. The Kier molecular flexibility index (Phi) is 5.64. The van der Waals surface area contributed by atoms with Crippen molar-refractivity contribution in [1.29, 1.82) is 0 Å². The molecule has 2 rings (SSSR count). The maximum atomic E-state index is 12.4. The minimum Gasteiger partial charge on any atom is -0.480 e. The van der Waals surface area contributed by atoms with Gasteiger partial charge in [-0.3, -0.25) is 4.79 Å². The third-order valence-electron chi connectivity index (χ3n) is 2.92. The molecule has 1 unspecified atom stereocenters. The fourth-order valence-corrected chi connectivity index (χ4v) is 1.85. The maximum Gasteiger partial charge on any atom is 0.328 e.